The number of nitrogen functional groups attached to an aromatic ring is 1. The number of hydrogen-bond acceptors (Lipinski definition) is 8. The number of halogens is 1. The van der Waals surface area contributed by atoms with E-state index in [0.717, 1.165) is 0 Å². The van der Waals surface area contributed by atoms with Crippen LogP contribution in [-0.4, -0.2) is 42.0 Å². The van der Waals surface area contributed by atoms with Crippen LogP contribution < -0.4 is 15.8 Å². The van der Waals surface area contributed by atoms with Gasteiger partial charge < -0.3 is 19.9 Å². The summed E-state index contributed by atoms with van der Waals surface area (Å²) in [7, 11) is 0. The monoisotopic (exact) mass is 463 g/mol. The third-order valence-electron chi connectivity index (χ3n) is 6.18. The van der Waals surface area contributed by atoms with Gasteiger partial charge in [-0.3, -0.25) is 5.32 Å². The van der Waals surface area contributed by atoms with Crippen molar-refractivity contribution >= 4 is 28.4 Å². The van der Waals surface area contributed by atoms with Gasteiger partial charge in [-0.15, -0.1) is 0 Å². The van der Waals surface area contributed by atoms with Gasteiger partial charge in [0.05, 0.1) is 37.5 Å². The highest BCUT2D eigenvalue weighted by Gasteiger charge is 2.27. The van der Waals surface area contributed by atoms with Crippen LogP contribution in [0.2, 0.25) is 0 Å². The van der Waals surface area contributed by atoms with Gasteiger partial charge in [0.1, 0.15) is 11.9 Å². The van der Waals surface area contributed by atoms with E-state index in [9.17, 15) is 10.1 Å². The molecule has 10 heteroatoms. The van der Waals surface area contributed by atoms with E-state index in [1.54, 1.807) is 12.1 Å². The number of nitriles is 1. The third-order valence-corrected chi connectivity index (χ3v) is 6.18. The Balaban J connectivity index is 1.53. The summed E-state index contributed by atoms with van der Waals surface area (Å²) >= 11 is 0. The number of nitrogens with two attached hydrogens (primary N) is 1. The minimum Gasteiger partial charge on any atom is -0.477 e. The minimum atomic E-state index is -0.644. The van der Waals surface area contributed by atoms with E-state index in [2.05, 4.69) is 21.4 Å². The second kappa shape index (κ2) is 8.76. The normalized spacial score (nSPS) is 19.2. The zero-order valence-corrected chi connectivity index (χ0v) is 18.4. The fourth-order valence-corrected chi connectivity index (χ4v) is 4.39. The van der Waals surface area contributed by atoms with Crippen LogP contribution in [0.15, 0.2) is 24.5 Å². The lowest BCUT2D eigenvalue weighted by Gasteiger charge is -2.24. The molecule has 1 saturated heterocycles. The molecule has 3 aromatic rings. The van der Waals surface area contributed by atoms with Crippen LogP contribution in [-0.2, 0) is 9.47 Å². The molecule has 0 spiro atoms. The molecule has 2 aromatic heterocycles. The van der Waals surface area contributed by atoms with E-state index < -0.39 is 11.9 Å². The van der Waals surface area contributed by atoms with Crippen molar-refractivity contribution < 1.29 is 23.4 Å². The summed E-state index contributed by atoms with van der Waals surface area (Å²) in [5.41, 5.74) is 8.19. The summed E-state index contributed by atoms with van der Waals surface area (Å²) in [4.78, 5) is 20.7. The summed E-state index contributed by atoms with van der Waals surface area (Å²) in [5.74, 6) is -0.347. The molecule has 4 heterocycles. The number of pyridine rings is 2. The smallest absolute Gasteiger partial charge is 0.413 e. The van der Waals surface area contributed by atoms with Crippen LogP contribution in [0.5, 0.6) is 5.88 Å². The Labute approximate surface area is 194 Å². The van der Waals surface area contributed by atoms with Gasteiger partial charge in [-0.1, -0.05) is 0 Å². The fraction of sp³-hybridized carbons (Fsp3) is 0.333. The summed E-state index contributed by atoms with van der Waals surface area (Å²) in [6, 6.07) is 5.51. The summed E-state index contributed by atoms with van der Waals surface area (Å²) in [6.07, 6.45) is 3.18. The number of ether oxygens (including phenoxy) is 3. The molecule has 5 rings (SSSR count). The first-order valence-corrected chi connectivity index (χ1v) is 10.9. The molecular formula is C24H22FN5O4. The Morgan fingerprint density at radius 2 is 2.12 bits per heavy atom. The zero-order valence-electron chi connectivity index (χ0n) is 18.4. The summed E-state index contributed by atoms with van der Waals surface area (Å²) in [5, 5.41) is 13.1. The number of carbonyl (C=O) groups is 1. The molecule has 3 N–H and O–H groups in total. The Morgan fingerprint density at radius 3 is 2.88 bits per heavy atom. The molecule has 0 bridgehead atoms. The van der Waals surface area contributed by atoms with Gasteiger partial charge in [-0.05, 0) is 30.0 Å². The average Bonchev–Trinajstić information content (AvgIpc) is 3.34. The Hall–Kier alpha value is -3.97. The van der Waals surface area contributed by atoms with Crippen molar-refractivity contribution in [3.05, 3.63) is 41.5 Å². The number of anilines is 2. The van der Waals surface area contributed by atoms with E-state index in [-0.39, 0.29) is 29.1 Å². The number of benzene rings is 1. The molecule has 0 saturated carbocycles. The average molecular weight is 463 g/mol. The Kier molecular flexibility index (Phi) is 5.63. The second-order valence-corrected chi connectivity index (χ2v) is 8.29. The Bertz CT molecular complexity index is 1330. The van der Waals surface area contributed by atoms with Crippen molar-refractivity contribution in [3.8, 4) is 23.1 Å². The number of rotatable bonds is 3. The van der Waals surface area contributed by atoms with E-state index in [1.807, 2.05) is 6.92 Å². The van der Waals surface area contributed by atoms with Crippen LogP contribution in [0.1, 0.15) is 29.9 Å². The number of fused-ring (bicyclic) bond motifs is 2. The van der Waals surface area contributed by atoms with E-state index in [0.29, 0.717) is 66.0 Å². The lowest BCUT2D eigenvalue weighted by atomic mass is 9.88. The van der Waals surface area contributed by atoms with E-state index in [1.165, 1.54) is 12.4 Å². The summed E-state index contributed by atoms with van der Waals surface area (Å²) < 4.78 is 31.5. The zero-order chi connectivity index (χ0) is 23.8. The van der Waals surface area contributed by atoms with Crippen LogP contribution in [0.3, 0.4) is 0 Å². The quantitative estimate of drug-likeness (QED) is 0.556. The number of aromatic nitrogens is 2. The predicted molar refractivity (Wildman–Crippen MR) is 122 cm³/mol. The van der Waals surface area contributed by atoms with Crippen molar-refractivity contribution in [2.24, 2.45) is 0 Å². The molecule has 0 aliphatic carbocycles. The van der Waals surface area contributed by atoms with Crippen molar-refractivity contribution in [1.29, 1.82) is 5.26 Å². The van der Waals surface area contributed by atoms with Gasteiger partial charge in [0.15, 0.2) is 5.82 Å². The molecule has 1 unspecified atom stereocenters. The highest BCUT2D eigenvalue weighted by Crippen LogP contribution is 2.41. The third kappa shape index (κ3) is 3.84. The number of nitrogens with zero attached hydrogens (tertiary/aromatic N) is 3. The number of amides is 1. The van der Waals surface area contributed by atoms with Crippen LogP contribution >= 0.6 is 0 Å². The predicted octanol–water partition coefficient (Wildman–Crippen LogP) is 4.05. The van der Waals surface area contributed by atoms with E-state index >= 15 is 4.39 Å². The van der Waals surface area contributed by atoms with Crippen LogP contribution in [0.25, 0.3) is 21.9 Å². The van der Waals surface area contributed by atoms with Gasteiger partial charge >= 0.3 is 6.09 Å². The fourth-order valence-electron chi connectivity index (χ4n) is 4.39. The van der Waals surface area contributed by atoms with Crippen molar-refractivity contribution in [3.63, 3.8) is 0 Å². The molecule has 2 atom stereocenters. The van der Waals surface area contributed by atoms with Gasteiger partial charge in [0.2, 0.25) is 5.88 Å². The maximum atomic E-state index is 15.4. The molecule has 1 aromatic carbocycles. The van der Waals surface area contributed by atoms with Crippen molar-refractivity contribution in [2.45, 2.75) is 31.8 Å². The SMILES string of the molecule is Cc1c(-c2cc3cc(NC(=O)O[C@@H]4CCOC4)ncc3c(N)c2F)cnc2c1C(C#N)CCO2. The summed E-state index contributed by atoms with van der Waals surface area (Å²) in [6.45, 7) is 3.14. The standard InChI is InChI=1S/C24H22FN5O4/c1-12-17(9-29-23-20(12)13(8-26)2-5-33-23)16-6-14-7-19(28-10-18(14)22(27)21(16)25)30-24(31)34-15-3-4-32-11-15/h6-7,9-10,13,15H,2-5,11,27H2,1H3,(H,28,30,31)/t13?,15-/m1/s1. The number of carbonyl (C=O) groups excluding carboxylic acids is 1. The lowest BCUT2D eigenvalue weighted by Crippen LogP contribution is -2.22. The molecule has 2 aliphatic heterocycles. The molecule has 0 radical (unpaired) electrons. The molecule has 2 aliphatic rings. The number of hydrogen-bond donors (Lipinski definition) is 2. The van der Waals surface area contributed by atoms with Gasteiger partial charge in [0, 0.05) is 47.3 Å². The first-order valence-electron chi connectivity index (χ1n) is 10.9. The first-order chi connectivity index (χ1) is 16.5. The van der Waals surface area contributed by atoms with Gasteiger partial charge in [-0.25, -0.2) is 19.2 Å². The Morgan fingerprint density at radius 1 is 1.26 bits per heavy atom. The maximum absolute atomic E-state index is 15.4. The molecule has 9 nitrogen and oxygen atoms in total. The molecule has 1 fully saturated rings. The molecule has 1 amide bonds. The highest BCUT2D eigenvalue weighted by atomic mass is 19.1. The molecular weight excluding hydrogens is 441 g/mol. The molecule has 34 heavy (non-hydrogen) atoms. The van der Waals surface area contributed by atoms with E-state index in [4.69, 9.17) is 19.9 Å². The van der Waals surface area contributed by atoms with Gasteiger partial charge in [0.25, 0.3) is 0 Å². The van der Waals surface area contributed by atoms with Crippen molar-refractivity contribution in [1.82, 2.24) is 9.97 Å². The number of nitrogens with one attached hydrogen (secondary N) is 1. The highest BCUT2D eigenvalue weighted by molar-refractivity contribution is 5.99. The lowest BCUT2D eigenvalue weighted by molar-refractivity contribution is 0.0931. The van der Waals surface area contributed by atoms with Crippen LogP contribution in [0.4, 0.5) is 20.7 Å². The molecule has 174 valence electrons. The minimum absolute atomic E-state index is 0.0672. The maximum Gasteiger partial charge on any atom is 0.413 e. The second-order valence-electron chi connectivity index (χ2n) is 8.29. The van der Waals surface area contributed by atoms with Gasteiger partial charge in [-0.2, -0.15) is 5.26 Å². The largest absolute Gasteiger partial charge is 0.477 e. The van der Waals surface area contributed by atoms with Crippen LogP contribution in [0, 0.1) is 24.1 Å². The topological polar surface area (TPSA) is 132 Å². The first kappa shape index (κ1) is 21.9. The van der Waals surface area contributed by atoms with Crippen molar-refractivity contribution in [2.75, 3.05) is 30.9 Å².